The Morgan fingerprint density at radius 2 is 1.84 bits per heavy atom. The number of nitrogens with zero attached hydrogens (tertiary/aromatic N) is 1. The molecule has 0 spiro atoms. The third-order valence-corrected chi connectivity index (χ3v) is 6.49. The fraction of sp³-hybridized carbons (Fsp3) is 0.348. The third kappa shape index (κ3) is 3.77. The fourth-order valence-electron chi connectivity index (χ4n) is 4.24. The van der Waals surface area contributed by atoms with E-state index in [-0.39, 0.29) is 11.3 Å². The molecule has 2 N–H and O–H groups in total. The van der Waals surface area contributed by atoms with Crippen molar-refractivity contribution in [2.45, 2.75) is 30.3 Å². The number of aromatic amines is 1. The molecule has 2 heterocycles. The van der Waals surface area contributed by atoms with Gasteiger partial charge in [0.15, 0.2) is 22.4 Å². The summed E-state index contributed by atoms with van der Waals surface area (Å²) < 4.78 is 16.6. The first-order chi connectivity index (χ1) is 15.5. The molecule has 2 aliphatic rings. The van der Waals surface area contributed by atoms with Gasteiger partial charge in [0.05, 0.1) is 32.8 Å². The lowest BCUT2D eigenvalue weighted by atomic mass is 9.76. The Morgan fingerprint density at radius 3 is 2.53 bits per heavy atom. The molecule has 0 fully saturated rings. The van der Waals surface area contributed by atoms with Gasteiger partial charge in [-0.05, 0) is 18.9 Å². The summed E-state index contributed by atoms with van der Waals surface area (Å²) >= 11 is 1.38. The number of ketones is 1. The van der Waals surface area contributed by atoms with E-state index < -0.39 is 5.92 Å². The number of hydrogen-bond acceptors (Lipinski definition) is 8. The fourth-order valence-corrected chi connectivity index (χ4v) is 4.83. The zero-order chi connectivity index (χ0) is 22.8. The highest BCUT2D eigenvalue weighted by atomic mass is 32.2. The Hall–Kier alpha value is -3.20. The summed E-state index contributed by atoms with van der Waals surface area (Å²) in [5.41, 5.74) is 2.10. The number of aromatic nitrogens is 2. The van der Waals surface area contributed by atoms with E-state index >= 15 is 0 Å². The summed E-state index contributed by atoms with van der Waals surface area (Å²) in [7, 11) is 4.62. The number of H-pyrrole nitrogens is 1. The Morgan fingerprint density at radius 1 is 1.12 bits per heavy atom. The minimum atomic E-state index is -0.640. The quantitative estimate of drug-likeness (QED) is 0.371. The minimum absolute atomic E-state index is 0.00995. The summed E-state index contributed by atoms with van der Waals surface area (Å²) in [6, 6.07) is 3.48. The number of fused-ring (bicyclic) bond motifs is 1. The van der Waals surface area contributed by atoms with Gasteiger partial charge in [0, 0.05) is 35.1 Å². The van der Waals surface area contributed by atoms with Gasteiger partial charge in [-0.15, -0.1) is 6.58 Å². The predicted molar refractivity (Wildman–Crippen MR) is 123 cm³/mol. The zero-order valence-corrected chi connectivity index (χ0v) is 19.1. The van der Waals surface area contributed by atoms with Crippen LogP contribution in [0.15, 0.2) is 46.0 Å². The van der Waals surface area contributed by atoms with Crippen LogP contribution in [0.5, 0.6) is 17.2 Å². The molecule has 1 aliphatic heterocycles. The number of ether oxygens (including phenoxy) is 3. The highest BCUT2D eigenvalue weighted by Crippen LogP contribution is 2.48. The standard InChI is InChI=1S/C23H25N3O5S/c1-5-9-32-23-25-21-20(22(28)26-23)18(19-13(24-21)7-6-8-14(19)27)12-10-16(30-3)17(31-4)11-15(12)29-2/h5,10-11,18H,1,6-9H2,2-4H3,(H2,24,25,26,28). The van der Waals surface area contributed by atoms with Crippen LogP contribution in [-0.2, 0) is 4.79 Å². The number of allylic oxidation sites excluding steroid dienone is 2. The highest BCUT2D eigenvalue weighted by molar-refractivity contribution is 7.99. The molecule has 2 aromatic rings. The largest absolute Gasteiger partial charge is 0.496 e. The van der Waals surface area contributed by atoms with Crippen LogP contribution in [-0.4, -0.2) is 42.8 Å². The highest BCUT2D eigenvalue weighted by Gasteiger charge is 2.39. The van der Waals surface area contributed by atoms with E-state index in [0.717, 1.165) is 12.1 Å². The Balaban J connectivity index is 1.98. The molecule has 32 heavy (non-hydrogen) atoms. The molecular formula is C23H25N3O5S. The summed E-state index contributed by atoms with van der Waals surface area (Å²) in [5, 5.41) is 3.76. The van der Waals surface area contributed by atoms with Crippen molar-refractivity contribution in [2.75, 3.05) is 32.4 Å². The zero-order valence-electron chi connectivity index (χ0n) is 18.2. The van der Waals surface area contributed by atoms with Gasteiger partial charge < -0.3 is 24.5 Å². The van der Waals surface area contributed by atoms with Gasteiger partial charge in [-0.1, -0.05) is 17.8 Å². The molecule has 0 saturated carbocycles. The van der Waals surface area contributed by atoms with Gasteiger partial charge in [-0.3, -0.25) is 9.59 Å². The van der Waals surface area contributed by atoms with Crippen LogP contribution in [0.3, 0.4) is 0 Å². The number of carbonyl (C=O) groups excluding carboxylic acids is 1. The summed E-state index contributed by atoms with van der Waals surface area (Å²) in [6.45, 7) is 3.71. The lowest BCUT2D eigenvalue weighted by Gasteiger charge is -2.33. The molecule has 1 unspecified atom stereocenters. The maximum absolute atomic E-state index is 13.3. The number of carbonyl (C=O) groups is 1. The molecule has 4 rings (SSSR count). The molecule has 0 radical (unpaired) electrons. The summed E-state index contributed by atoms with van der Waals surface area (Å²) in [5.74, 6) is 1.91. The van der Waals surface area contributed by atoms with Crippen LogP contribution in [0.4, 0.5) is 5.82 Å². The Kier molecular flexibility index (Phi) is 6.27. The van der Waals surface area contributed by atoms with Gasteiger partial charge in [0.2, 0.25) is 0 Å². The maximum atomic E-state index is 13.3. The van der Waals surface area contributed by atoms with Gasteiger partial charge in [-0.2, -0.15) is 0 Å². The SMILES string of the molecule is C=CCSc1nc2c(c(=O)[nH]1)C(c1cc(OC)c(OC)cc1OC)C1=C(CCCC1=O)N2. The van der Waals surface area contributed by atoms with E-state index in [0.29, 0.717) is 63.5 Å². The van der Waals surface area contributed by atoms with Crippen molar-refractivity contribution in [2.24, 2.45) is 0 Å². The molecule has 0 bridgehead atoms. The first-order valence-electron chi connectivity index (χ1n) is 10.2. The number of rotatable bonds is 7. The van der Waals surface area contributed by atoms with Crippen molar-refractivity contribution in [3.63, 3.8) is 0 Å². The monoisotopic (exact) mass is 455 g/mol. The molecule has 1 aromatic carbocycles. The first kappa shape index (κ1) is 22.0. The van der Waals surface area contributed by atoms with E-state index in [1.807, 2.05) is 0 Å². The number of benzene rings is 1. The van der Waals surface area contributed by atoms with Crippen molar-refractivity contribution < 1.29 is 19.0 Å². The average molecular weight is 456 g/mol. The smallest absolute Gasteiger partial charge is 0.257 e. The van der Waals surface area contributed by atoms with Gasteiger partial charge in [0.1, 0.15) is 11.6 Å². The van der Waals surface area contributed by atoms with Crippen molar-refractivity contribution in [3.8, 4) is 17.2 Å². The second-order valence-corrected chi connectivity index (χ2v) is 8.42. The molecular weight excluding hydrogens is 430 g/mol. The first-order valence-corrected chi connectivity index (χ1v) is 11.2. The molecule has 1 aliphatic carbocycles. The lowest BCUT2D eigenvalue weighted by molar-refractivity contribution is -0.116. The molecule has 0 saturated heterocycles. The van der Waals surface area contributed by atoms with Crippen molar-refractivity contribution in [1.29, 1.82) is 0 Å². The Bertz CT molecular complexity index is 1170. The Labute approximate surface area is 190 Å². The van der Waals surface area contributed by atoms with Gasteiger partial charge >= 0.3 is 0 Å². The molecule has 168 valence electrons. The number of anilines is 1. The van der Waals surface area contributed by atoms with Gasteiger partial charge in [0.25, 0.3) is 5.56 Å². The maximum Gasteiger partial charge on any atom is 0.257 e. The summed E-state index contributed by atoms with van der Waals surface area (Å²) in [6.07, 6.45) is 3.63. The third-order valence-electron chi connectivity index (χ3n) is 5.62. The normalized spacial score (nSPS) is 17.2. The van der Waals surface area contributed by atoms with Crippen LogP contribution in [0.1, 0.15) is 36.3 Å². The van der Waals surface area contributed by atoms with Gasteiger partial charge in [-0.25, -0.2) is 4.98 Å². The molecule has 0 amide bonds. The van der Waals surface area contributed by atoms with Crippen LogP contribution in [0.25, 0.3) is 0 Å². The second kappa shape index (κ2) is 9.12. The average Bonchev–Trinajstić information content (AvgIpc) is 2.80. The van der Waals surface area contributed by atoms with Crippen LogP contribution in [0, 0.1) is 0 Å². The number of hydrogen-bond donors (Lipinski definition) is 2. The van der Waals surface area contributed by atoms with Crippen molar-refractivity contribution >= 4 is 23.4 Å². The van der Waals surface area contributed by atoms with E-state index in [1.54, 1.807) is 39.5 Å². The molecule has 9 heteroatoms. The molecule has 8 nitrogen and oxygen atoms in total. The number of nitrogens with one attached hydrogen (secondary N) is 2. The van der Waals surface area contributed by atoms with Crippen LogP contribution in [0.2, 0.25) is 0 Å². The lowest BCUT2D eigenvalue weighted by Crippen LogP contribution is -2.33. The number of Topliss-reactive ketones (excluding diaryl/α,β-unsaturated/α-hetero) is 1. The van der Waals surface area contributed by atoms with E-state index in [2.05, 4.69) is 21.9 Å². The molecule has 1 atom stereocenters. The van der Waals surface area contributed by atoms with Crippen molar-refractivity contribution in [3.05, 3.63) is 57.5 Å². The van der Waals surface area contributed by atoms with Crippen molar-refractivity contribution in [1.82, 2.24) is 9.97 Å². The minimum Gasteiger partial charge on any atom is -0.496 e. The topological polar surface area (TPSA) is 103 Å². The van der Waals surface area contributed by atoms with Crippen LogP contribution < -0.4 is 25.1 Å². The van der Waals surface area contributed by atoms with E-state index in [1.165, 1.54) is 11.8 Å². The van der Waals surface area contributed by atoms with E-state index in [4.69, 9.17) is 14.2 Å². The van der Waals surface area contributed by atoms with E-state index in [9.17, 15) is 9.59 Å². The summed E-state index contributed by atoms with van der Waals surface area (Å²) in [4.78, 5) is 33.8. The number of thioether (sulfide) groups is 1. The second-order valence-electron chi connectivity index (χ2n) is 7.41. The molecule has 1 aromatic heterocycles. The predicted octanol–water partition coefficient (Wildman–Crippen LogP) is 3.64. The van der Waals surface area contributed by atoms with Crippen LogP contribution >= 0.6 is 11.8 Å². The number of methoxy groups -OCH3 is 3.